The lowest BCUT2D eigenvalue weighted by Gasteiger charge is -2.06. The monoisotopic (exact) mass is 175 g/mol. The van der Waals surface area contributed by atoms with E-state index in [-0.39, 0.29) is 25.0 Å². The van der Waals surface area contributed by atoms with E-state index in [1.165, 1.54) is 0 Å². The molecule has 0 unspecified atom stereocenters. The minimum atomic E-state index is -1.33. The van der Waals surface area contributed by atoms with Crippen LogP contribution in [0.4, 0.5) is 4.79 Å². The molecule has 0 atom stereocenters. The molecular weight excluding hydrogens is 162 g/mol. The number of hydrogen-bond acceptors (Lipinski definition) is 3. The molecule has 0 saturated carbocycles. The third kappa shape index (κ3) is 5.52. The second-order valence-electron chi connectivity index (χ2n) is 2.56. The van der Waals surface area contributed by atoms with Gasteiger partial charge >= 0.3 is 6.16 Å². The molecule has 0 saturated heterocycles. The van der Waals surface area contributed by atoms with Crippen molar-refractivity contribution < 1.29 is 19.4 Å². The van der Waals surface area contributed by atoms with Crippen molar-refractivity contribution in [3.05, 3.63) is 0 Å². The summed E-state index contributed by atoms with van der Waals surface area (Å²) in [7, 11) is 0. The van der Waals surface area contributed by atoms with Crippen LogP contribution in [-0.2, 0) is 9.53 Å². The van der Waals surface area contributed by atoms with Gasteiger partial charge in [0, 0.05) is 5.92 Å². The van der Waals surface area contributed by atoms with Gasteiger partial charge in [0.05, 0.1) is 6.54 Å². The Labute approximate surface area is 70.7 Å². The zero-order chi connectivity index (χ0) is 9.56. The van der Waals surface area contributed by atoms with Crippen LogP contribution in [0, 0.1) is 5.92 Å². The van der Waals surface area contributed by atoms with Crippen LogP contribution in [0.1, 0.15) is 13.8 Å². The molecule has 0 heterocycles. The molecule has 0 rings (SSSR count). The second kappa shape index (κ2) is 5.40. The SMILES string of the molecule is CC(C)C(=O)NCCOC(=O)O. The van der Waals surface area contributed by atoms with Crippen LogP contribution < -0.4 is 5.32 Å². The predicted molar refractivity (Wildman–Crippen MR) is 41.8 cm³/mol. The molecule has 0 fully saturated rings. The number of hydrogen-bond donors (Lipinski definition) is 2. The van der Waals surface area contributed by atoms with Crippen LogP contribution in [0.25, 0.3) is 0 Å². The number of amides is 1. The summed E-state index contributed by atoms with van der Waals surface area (Å²) in [6, 6.07) is 0. The Bertz CT molecular complexity index is 167. The highest BCUT2D eigenvalue weighted by Gasteiger charge is 2.05. The normalized spacial score (nSPS) is 9.58. The van der Waals surface area contributed by atoms with Gasteiger partial charge in [-0.2, -0.15) is 0 Å². The number of carbonyl (C=O) groups excluding carboxylic acids is 1. The highest BCUT2D eigenvalue weighted by Crippen LogP contribution is 1.89. The molecular formula is C7H13NO4. The third-order valence-corrected chi connectivity index (χ3v) is 1.15. The highest BCUT2D eigenvalue weighted by molar-refractivity contribution is 5.77. The van der Waals surface area contributed by atoms with Crippen LogP contribution >= 0.6 is 0 Å². The largest absolute Gasteiger partial charge is 0.505 e. The third-order valence-electron chi connectivity index (χ3n) is 1.15. The predicted octanol–water partition coefficient (Wildman–Crippen LogP) is 0.453. The Kier molecular flexibility index (Phi) is 4.83. The van der Waals surface area contributed by atoms with Crippen LogP contribution in [0.2, 0.25) is 0 Å². The molecule has 70 valence electrons. The molecule has 0 aromatic heterocycles. The molecule has 0 aromatic carbocycles. The van der Waals surface area contributed by atoms with Gasteiger partial charge in [0.1, 0.15) is 6.61 Å². The van der Waals surface area contributed by atoms with Crippen molar-refractivity contribution in [3.8, 4) is 0 Å². The Morgan fingerprint density at radius 3 is 2.50 bits per heavy atom. The molecule has 5 heteroatoms. The number of carbonyl (C=O) groups is 2. The van der Waals surface area contributed by atoms with Gasteiger partial charge in [0.2, 0.25) is 5.91 Å². The maximum absolute atomic E-state index is 10.9. The maximum Gasteiger partial charge on any atom is 0.505 e. The molecule has 0 spiro atoms. The summed E-state index contributed by atoms with van der Waals surface area (Å²) in [6.45, 7) is 3.73. The van der Waals surface area contributed by atoms with Crippen LogP contribution in [0.3, 0.4) is 0 Å². The average Bonchev–Trinajstić information content (AvgIpc) is 1.97. The molecule has 5 nitrogen and oxygen atoms in total. The van der Waals surface area contributed by atoms with E-state index in [0.717, 1.165) is 0 Å². The molecule has 12 heavy (non-hydrogen) atoms. The van der Waals surface area contributed by atoms with E-state index in [4.69, 9.17) is 5.11 Å². The standard InChI is InChI=1S/C7H13NO4/c1-5(2)6(9)8-3-4-12-7(10)11/h5H,3-4H2,1-2H3,(H,8,9)(H,10,11). The number of carboxylic acid groups (broad SMARTS) is 1. The summed E-state index contributed by atoms with van der Waals surface area (Å²) in [4.78, 5) is 20.7. The molecule has 0 aromatic rings. The molecule has 0 radical (unpaired) electrons. The number of nitrogens with one attached hydrogen (secondary N) is 1. The second-order valence-corrected chi connectivity index (χ2v) is 2.56. The summed E-state index contributed by atoms with van der Waals surface area (Å²) in [5.41, 5.74) is 0. The Morgan fingerprint density at radius 2 is 2.08 bits per heavy atom. The van der Waals surface area contributed by atoms with E-state index in [0.29, 0.717) is 0 Å². The van der Waals surface area contributed by atoms with Crippen molar-refractivity contribution in [2.24, 2.45) is 5.92 Å². The summed E-state index contributed by atoms with van der Waals surface area (Å²) >= 11 is 0. The van der Waals surface area contributed by atoms with Gasteiger partial charge < -0.3 is 15.2 Å². The first kappa shape index (κ1) is 10.7. The van der Waals surface area contributed by atoms with Crippen molar-refractivity contribution in [2.45, 2.75) is 13.8 Å². The van der Waals surface area contributed by atoms with Crippen molar-refractivity contribution in [3.63, 3.8) is 0 Å². The maximum atomic E-state index is 10.9. The lowest BCUT2D eigenvalue weighted by molar-refractivity contribution is -0.124. The summed E-state index contributed by atoms with van der Waals surface area (Å²) in [5, 5.41) is 10.6. The minimum Gasteiger partial charge on any atom is -0.450 e. The van der Waals surface area contributed by atoms with E-state index in [2.05, 4.69) is 10.1 Å². The summed E-state index contributed by atoms with van der Waals surface area (Å²) in [5.74, 6) is -0.196. The van der Waals surface area contributed by atoms with Crippen molar-refractivity contribution in [2.75, 3.05) is 13.2 Å². The van der Waals surface area contributed by atoms with Crippen molar-refractivity contribution >= 4 is 12.1 Å². The number of rotatable bonds is 4. The van der Waals surface area contributed by atoms with E-state index in [9.17, 15) is 9.59 Å². The van der Waals surface area contributed by atoms with Crippen LogP contribution in [0.15, 0.2) is 0 Å². The molecule has 0 aliphatic heterocycles. The number of ether oxygens (including phenoxy) is 1. The highest BCUT2D eigenvalue weighted by atomic mass is 16.7. The van der Waals surface area contributed by atoms with Crippen molar-refractivity contribution in [1.82, 2.24) is 5.32 Å². The first-order valence-electron chi connectivity index (χ1n) is 3.67. The van der Waals surface area contributed by atoms with E-state index in [1.807, 2.05) is 0 Å². The van der Waals surface area contributed by atoms with Gasteiger partial charge in [0.25, 0.3) is 0 Å². The lowest BCUT2D eigenvalue weighted by atomic mass is 10.2. The van der Waals surface area contributed by atoms with Crippen molar-refractivity contribution in [1.29, 1.82) is 0 Å². The fourth-order valence-electron chi connectivity index (χ4n) is 0.517. The molecule has 0 aliphatic rings. The topological polar surface area (TPSA) is 75.6 Å². The zero-order valence-corrected chi connectivity index (χ0v) is 7.16. The van der Waals surface area contributed by atoms with Gasteiger partial charge in [-0.25, -0.2) is 4.79 Å². The fraction of sp³-hybridized carbons (Fsp3) is 0.714. The first-order valence-corrected chi connectivity index (χ1v) is 3.67. The minimum absolute atomic E-state index is 0.00616. The molecule has 2 N–H and O–H groups in total. The van der Waals surface area contributed by atoms with Gasteiger partial charge in [0.15, 0.2) is 0 Å². The first-order chi connectivity index (χ1) is 5.54. The molecule has 1 amide bonds. The summed E-state index contributed by atoms with van der Waals surface area (Å²) in [6.07, 6.45) is -1.33. The lowest BCUT2D eigenvalue weighted by Crippen LogP contribution is -2.31. The van der Waals surface area contributed by atoms with Crippen LogP contribution in [-0.4, -0.2) is 30.3 Å². The van der Waals surface area contributed by atoms with E-state index >= 15 is 0 Å². The molecule has 0 aliphatic carbocycles. The van der Waals surface area contributed by atoms with E-state index < -0.39 is 6.16 Å². The molecule has 0 bridgehead atoms. The van der Waals surface area contributed by atoms with Crippen LogP contribution in [0.5, 0.6) is 0 Å². The van der Waals surface area contributed by atoms with Gasteiger partial charge in [-0.05, 0) is 0 Å². The summed E-state index contributed by atoms with van der Waals surface area (Å²) < 4.78 is 4.17. The smallest absolute Gasteiger partial charge is 0.450 e. The Morgan fingerprint density at radius 1 is 1.50 bits per heavy atom. The Hall–Kier alpha value is -1.26. The van der Waals surface area contributed by atoms with E-state index in [1.54, 1.807) is 13.8 Å². The average molecular weight is 175 g/mol. The van der Waals surface area contributed by atoms with Gasteiger partial charge in [-0.3, -0.25) is 4.79 Å². The fourth-order valence-corrected chi connectivity index (χ4v) is 0.517. The zero-order valence-electron chi connectivity index (χ0n) is 7.16. The van der Waals surface area contributed by atoms with Gasteiger partial charge in [-0.1, -0.05) is 13.8 Å². The Balaban J connectivity index is 3.32. The van der Waals surface area contributed by atoms with Gasteiger partial charge in [-0.15, -0.1) is 0 Å². The quantitative estimate of drug-likeness (QED) is 0.480.